The maximum atomic E-state index is 12.2. The van der Waals surface area contributed by atoms with Gasteiger partial charge in [0.25, 0.3) is 10.2 Å². The van der Waals surface area contributed by atoms with Crippen molar-refractivity contribution < 1.29 is 18.6 Å². The second-order valence-electron chi connectivity index (χ2n) is 5.16. The standard InChI is InChI=1S/C11H24N2O4S/c1-3-11(8-14,9-15)12-18(16,17)13-6-4-5-10(2)7-13/h10,12,14-15H,3-9H2,1-2H3. The van der Waals surface area contributed by atoms with Gasteiger partial charge in [-0.3, -0.25) is 0 Å². The molecule has 1 unspecified atom stereocenters. The third-order valence-corrected chi connectivity index (χ3v) is 5.29. The van der Waals surface area contributed by atoms with Crippen LogP contribution in [0, 0.1) is 5.92 Å². The van der Waals surface area contributed by atoms with Gasteiger partial charge in [0, 0.05) is 13.1 Å². The van der Waals surface area contributed by atoms with Crippen molar-refractivity contribution in [3.8, 4) is 0 Å². The lowest BCUT2D eigenvalue weighted by molar-refractivity contribution is 0.103. The molecule has 1 aliphatic heterocycles. The second kappa shape index (κ2) is 6.29. The summed E-state index contributed by atoms with van der Waals surface area (Å²) in [4.78, 5) is 0. The third-order valence-electron chi connectivity index (χ3n) is 3.59. The van der Waals surface area contributed by atoms with E-state index in [2.05, 4.69) is 4.72 Å². The first-order valence-corrected chi connectivity index (χ1v) is 7.84. The van der Waals surface area contributed by atoms with Crippen LogP contribution in [0.2, 0.25) is 0 Å². The second-order valence-corrected chi connectivity index (χ2v) is 6.83. The Morgan fingerprint density at radius 1 is 1.39 bits per heavy atom. The Morgan fingerprint density at radius 2 is 2.00 bits per heavy atom. The van der Waals surface area contributed by atoms with E-state index in [4.69, 9.17) is 0 Å². The summed E-state index contributed by atoms with van der Waals surface area (Å²) in [6, 6.07) is 0. The van der Waals surface area contributed by atoms with Crippen molar-refractivity contribution in [2.45, 2.75) is 38.6 Å². The van der Waals surface area contributed by atoms with Crippen molar-refractivity contribution in [2.24, 2.45) is 5.92 Å². The van der Waals surface area contributed by atoms with E-state index >= 15 is 0 Å². The molecule has 1 atom stereocenters. The van der Waals surface area contributed by atoms with Crippen LogP contribution in [-0.4, -0.2) is 54.8 Å². The van der Waals surface area contributed by atoms with Crippen LogP contribution in [0.1, 0.15) is 33.1 Å². The van der Waals surface area contributed by atoms with Crippen LogP contribution in [0.15, 0.2) is 0 Å². The molecule has 0 aromatic carbocycles. The Labute approximate surface area is 109 Å². The molecule has 1 rings (SSSR count). The fourth-order valence-corrected chi connectivity index (χ4v) is 3.88. The molecule has 0 amide bonds. The number of hydrogen-bond donors (Lipinski definition) is 3. The zero-order valence-electron chi connectivity index (χ0n) is 11.1. The van der Waals surface area contributed by atoms with Crippen molar-refractivity contribution in [3.05, 3.63) is 0 Å². The summed E-state index contributed by atoms with van der Waals surface area (Å²) in [5.74, 6) is 0.342. The monoisotopic (exact) mass is 280 g/mol. The lowest BCUT2D eigenvalue weighted by atomic mass is 10.0. The average Bonchev–Trinajstić information content (AvgIpc) is 2.36. The first-order chi connectivity index (χ1) is 8.39. The van der Waals surface area contributed by atoms with Crippen LogP contribution in [0.3, 0.4) is 0 Å². The molecular formula is C11H24N2O4S. The molecule has 0 aliphatic carbocycles. The fourth-order valence-electron chi connectivity index (χ4n) is 2.11. The van der Waals surface area contributed by atoms with E-state index in [1.807, 2.05) is 6.92 Å². The van der Waals surface area contributed by atoms with E-state index in [1.54, 1.807) is 6.92 Å². The predicted molar refractivity (Wildman–Crippen MR) is 69.2 cm³/mol. The van der Waals surface area contributed by atoms with E-state index in [9.17, 15) is 18.6 Å². The highest BCUT2D eigenvalue weighted by Crippen LogP contribution is 2.20. The van der Waals surface area contributed by atoms with E-state index in [-0.39, 0.29) is 0 Å². The van der Waals surface area contributed by atoms with E-state index in [1.165, 1.54) is 4.31 Å². The van der Waals surface area contributed by atoms with Gasteiger partial charge in [0.1, 0.15) is 0 Å². The largest absolute Gasteiger partial charge is 0.394 e. The van der Waals surface area contributed by atoms with Gasteiger partial charge in [-0.2, -0.15) is 17.4 Å². The summed E-state index contributed by atoms with van der Waals surface area (Å²) < 4.78 is 28.3. The normalized spacial score (nSPS) is 23.2. The summed E-state index contributed by atoms with van der Waals surface area (Å²) in [6.45, 7) is 3.91. The summed E-state index contributed by atoms with van der Waals surface area (Å²) in [7, 11) is -3.65. The molecule has 1 aliphatic rings. The molecule has 1 heterocycles. The van der Waals surface area contributed by atoms with Crippen molar-refractivity contribution in [1.29, 1.82) is 0 Å². The lowest BCUT2D eigenvalue weighted by Gasteiger charge is -2.35. The third kappa shape index (κ3) is 3.64. The minimum atomic E-state index is -3.65. The Morgan fingerprint density at radius 3 is 2.44 bits per heavy atom. The van der Waals surface area contributed by atoms with Crippen LogP contribution < -0.4 is 4.72 Å². The number of piperidine rings is 1. The fraction of sp³-hybridized carbons (Fsp3) is 1.00. The quantitative estimate of drug-likeness (QED) is 0.622. The Bertz CT molecular complexity index is 346. The van der Waals surface area contributed by atoms with E-state index in [0.29, 0.717) is 25.4 Å². The lowest BCUT2D eigenvalue weighted by Crippen LogP contribution is -2.58. The van der Waals surface area contributed by atoms with Gasteiger partial charge in [-0.15, -0.1) is 0 Å². The molecular weight excluding hydrogens is 256 g/mol. The zero-order valence-corrected chi connectivity index (χ0v) is 11.9. The van der Waals surface area contributed by atoms with Gasteiger partial charge in [0.05, 0.1) is 18.8 Å². The van der Waals surface area contributed by atoms with Crippen LogP contribution in [0.5, 0.6) is 0 Å². The summed E-state index contributed by atoms with van der Waals surface area (Å²) >= 11 is 0. The van der Waals surface area contributed by atoms with Crippen molar-refractivity contribution in [2.75, 3.05) is 26.3 Å². The Hall–Kier alpha value is -0.210. The van der Waals surface area contributed by atoms with Gasteiger partial charge in [0.2, 0.25) is 0 Å². The van der Waals surface area contributed by atoms with E-state index < -0.39 is 29.0 Å². The van der Waals surface area contributed by atoms with E-state index in [0.717, 1.165) is 12.8 Å². The van der Waals surface area contributed by atoms with Crippen molar-refractivity contribution in [3.63, 3.8) is 0 Å². The van der Waals surface area contributed by atoms with Gasteiger partial charge in [-0.05, 0) is 25.2 Å². The van der Waals surface area contributed by atoms with Gasteiger partial charge >= 0.3 is 0 Å². The number of hydrogen-bond acceptors (Lipinski definition) is 4. The molecule has 108 valence electrons. The highest BCUT2D eigenvalue weighted by atomic mass is 32.2. The minimum absolute atomic E-state index is 0.336. The molecule has 6 nitrogen and oxygen atoms in total. The molecule has 0 spiro atoms. The molecule has 0 aromatic heterocycles. The predicted octanol–water partition coefficient (Wildman–Crippen LogP) is -0.314. The first kappa shape index (κ1) is 15.8. The van der Waals surface area contributed by atoms with Gasteiger partial charge < -0.3 is 10.2 Å². The molecule has 0 bridgehead atoms. The van der Waals surface area contributed by atoms with Crippen LogP contribution >= 0.6 is 0 Å². The molecule has 1 fully saturated rings. The van der Waals surface area contributed by atoms with Crippen LogP contribution in [-0.2, 0) is 10.2 Å². The van der Waals surface area contributed by atoms with Gasteiger partial charge in [-0.25, -0.2) is 0 Å². The first-order valence-electron chi connectivity index (χ1n) is 6.40. The van der Waals surface area contributed by atoms with Crippen LogP contribution in [0.4, 0.5) is 0 Å². The summed E-state index contributed by atoms with van der Waals surface area (Å²) in [5.41, 5.74) is -1.17. The number of aliphatic hydroxyl groups excluding tert-OH is 2. The maximum Gasteiger partial charge on any atom is 0.280 e. The number of nitrogens with one attached hydrogen (secondary N) is 1. The van der Waals surface area contributed by atoms with Gasteiger partial charge in [-0.1, -0.05) is 13.8 Å². The molecule has 0 aromatic rings. The minimum Gasteiger partial charge on any atom is -0.394 e. The van der Waals surface area contributed by atoms with Crippen LogP contribution in [0.25, 0.3) is 0 Å². The van der Waals surface area contributed by atoms with Gasteiger partial charge in [0.15, 0.2) is 0 Å². The smallest absolute Gasteiger partial charge is 0.280 e. The summed E-state index contributed by atoms with van der Waals surface area (Å²) in [5, 5.41) is 18.6. The molecule has 7 heteroatoms. The Balaban J connectivity index is 2.80. The van der Waals surface area contributed by atoms with Crippen molar-refractivity contribution in [1.82, 2.24) is 9.03 Å². The Kier molecular flexibility index (Phi) is 5.54. The molecule has 0 radical (unpaired) electrons. The number of rotatable bonds is 6. The van der Waals surface area contributed by atoms with Crippen molar-refractivity contribution >= 4 is 10.2 Å². The molecule has 18 heavy (non-hydrogen) atoms. The molecule has 3 N–H and O–H groups in total. The topological polar surface area (TPSA) is 89.9 Å². The maximum absolute atomic E-state index is 12.2. The average molecular weight is 280 g/mol. The SMILES string of the molecule is CCC(CO)(CO)NS(=O)(=O)N1CCCC(C)C1. The molecule has 1 saturated heterocycles. The molecule has 0 saturated carbocycles. The summed E-state index contributed by atoms with van der Waals surface area (Å²) in [6.07, 6.45) is 2.22. The highest BCUT2D eigenvalue weighted by molar-refractivity contribution is 7.87. The highest BCUT2D eigenvalue weighted by Gasteiger charge is 2.36. The zero-order chi connectivity index (χ0) is 13.8. The number of aliphatic hydroxyl groups is 2. The number of nitrogens with zero attached hydrogens (tertiary/aromatic N) is 1.